The topological polar surface area (TPSA) is 74.2 Å². The number of fused-ring (bicyclic) bond motifs is 1. The zero-order chi connectivity index (χ0) is 19.5. The van der Waals surface area contributed by atoms with E-state index in [1.807, 2.05) is 42.2 Å². The number of hydrogen-bond donors (Lipinski definition) is 1. The quantitative estimate of drug-likeness (QED) is 0.755. The lowest BCUT2D eigenvalue weighted by Crippen LogP contribution is -2.48. The van der Waals surface area contributed by atoms with Crippen molar-refractivity contribution in [3.63, 3.8) is 0 Å². The Kier molecular flexibility index (Phi) is 5.16. The van der Waals surface area contributed by atoms with Gasteiger partial charge in [0, 0.05) is 43.5 Å². The Morgan fingerprint density at radius 1 is 1.11 bits per heavy atom. The van der Waals surface area contributed by atoms with Crippen molar-refractivity contribution in [2.24, 2.45) is 0 Å². The van der Waals surface area contributed by atoms with Crippen LogP contribution in [-0.4, -0.2) is 63.4 Å². The summed E-state index contributed by atoms with van der Waals surface area (Å²) in [4.78, 5) is 30.6. The number of nitrogens with one attached hydrogen (secondary N) is 1. The Morgan fingerprint density at radius 3 is 2.68 bits per heavy atom. The molecular weight excluding hydrogens is 352 g/mol. The van der Waals surface area contributed by atoms with Crippen LogP contribution >= 0.6 is 0 Å². The molecule has 4 rings (SSSR count). The molecule has 1 N–H and O–H groups in total. The molecule has 1 amide bonds. The molecule has 3 heterocycles. The van der Waals surface area contributed by atoms with Gasteiger partial charge in [0.15, 0.2) is 0 Å². The van der Waals surface area contributed by atoms with Gasteiger partial charge in [-0.05, 0) is 31.7 Å². The molecule has 144 valence electrons. The Bertz CT molecular complexity index is 992. The van der Waals surface area contributed by atoms with Crippen LogP contribution in [0.15, 0.2) is 42.6 Å². The second-order valence-electron chi connectivity index (χ2n) is 6.95. The van der Waals surface area contributed by atoms with Crippen molar-refractivity contribution in [1.82, 2.24) is 24.8 Å². The van der Waals surface area contributed by atoms with Gasteiger partial charge >= 0.3 is 0 Å². The fraction of sp³-hybridized carbons (Fsp3) is 0.333. The lowest BCUT2D eigenvalue weighted by atomic mass is 10.2. The highest BCUT2D eigenvalue weighted by Gasteiger charge is 2.23. The minimum absolute atomic E-state index is 0.0413. The summed E-state index contributed by atoms with van der Waals surface area (Å²) in [5, 5.41) is 4.27. The highest BCUT2D eigenvalue weighted by Crippen LogP contribution is 2.23. The largest absolute Gasteiger partial charge is 0.335 e. The van der Waals surface area contributed by atoms with Crippen LogP contribution in [0.2, 0.25) is 0 Å². The Morgan fingerprint density at radius 2 is 1.89 bits per heavy atom. The van der Waals surface area contributed by atoms with Gasteiger partial charge in [0.25, 0.3) is 5.91 Å². The SMILES string of the molecule is CCN1CCN(C(=O)c2cc(C)nc(Nc3cccc4cccnc34)n2)CC1. The van der Waals surface area contributed by atoms with E-state index in [1.54, 1.807) is 12.3 Å². The van der Waals surface area contributed by atoms with Crippen molar-refractivity contribution in [2.45, 2.75) is 13.8 Å². The fourth-order valence-corrected chi connectivity index (χ4v) is 3.49. The summed E-state index contributed by atoms with van der Waals surface area (Å²) in [5.74, 6) is 0.369. The van der Waals surface area contributed by atoms with E-state index in [0.717, 1.165) is 55.0 Å². The van der Waals surface area contributed by atoms with E-state index >= 15 is 0 Å². The molecule has 3 aromatic rings. The number of carbonyl (C=O) groups excluding carboxylic acids is 1. The van der Waals surface area contributed by atoms with Crippen LogP contribution in [0.5, 0.6) is 0 Å². The summed E-state index contributed by atoms with van der Waals surface area (Å²) < 4.78 is 0. The van der Waals surface area contributed by atoms with E-state index in [9.17, 15) is 4.79 Å². The molecule has 1 fully saturated rings. The van der Waals surface area contributed by atoms with Gasteiger partial charge < -0.3 is 15.1 Å². The second kappa shape index (κ2) is 7.90. The minimum atomic E-state index is -0.0413. The molecule has 1 saturated heterocycles. The first-order valence-corrected chi connectivity index (χ1v) is 9.62. The molecule has 0 aliphatic carbocycles. The zero-order valence-electron chi connectivity index (χ0n) is 16.2. The molecule has 0 atom stereocenters. The predicted octanol–water partition coefficient (Wildman–Crippen LogP) is 2.85. The summed E-state index contributed by atoms with van der Waals surface area (Å²) in [7, 11) is 0. The number of anilines is 2. The molecule has 28 heavy (non-hydrogen) atoms. The number of amides is 1. The van der Waals surface area contributed by atoms with Crippen LogP contribution in [-0.2, 0) is 0 Å². The number of para-hydroxylation sites is 1. The van der Waals surface area contributed by atoms with Gasteiger partial charge in [0.05, 0.1) is 11.2 Å². The third-order valence-corrected chi connectivity index (χ3v) is 5.06. The number of pyridine rings is 1. The molecule has 1 aliphatic rings. The summed E-state index contributed by atoms with van der Waals surface area (Å²) in [5.41, 5.74) is 2.84. The number of carbonyl (C=O) groups is 1. The molecule has 0 radical (unpaired) electrons. The molecule has 2 aromatic heterocycles. The van der Waals surface area contributed by atoms with Crippen LogP contribution in [0, 0.1) is 6.92 Å². The average Bonchev–Trinajstić information content (AvgIpc) is 2.73. The molecular formula is C21H24N6O. The molecule has 0 unspecified atom stereocenters. The first-order valence-electron chi connectivity index (χ1n) is 9.62. The maximum Gasteiger partial charge on any atom is 0.272 e. The van der Waals surface area contributed by atoms with Gasteiger partial charge in [-0.3, -0.25) is 9.78 Å². The number of likely N-dealkylation sites (N-methyl/N-ethyl adjacent to an activating group) is 1. The molecule has 7 heteroatoms. The Balaban J connectivity index is 1.58. The number of aryl methyl sites for hydroxylation is 1. The van der Waals surface area contributed by atoms with Crippen molar-refractivity contribution < 1.29 is 4.79 Å². The highest BCUT2D eigenvalue weighted by atomic mass is 16.2. The second-order valence-corrected chi connectivity index (χ2v) is 6.95. The van der Waals surface area contributed by atoms with Crippen molar-refractivity contribution in [3.8, 4) is 0 Å². The number of piperazine rings is 1. The van der Waals surface area contributed by atoms with Gasteiger partial charge in [-0.1, -0.05) is 25.1 Å². The molecule has 0 saturated carbocycles. The maximum absolute atomic E-state index is 12.9. The Hall–Kier alpha value is -3.06. The number of benzene rings is 1. The van der Waals surface area contributed by atoms with Crippen molar-refractivity contribution in [1.29, 1.82) is 0 Å². The summed E-state index contributed by atoms with van der Waals surface area (Å²) in [6, 6.07) is 11.6. The van der Waals surface area contributed by atoms with E-state index < -0.39 is 0 Å². The lowest BCUT2D eigenvalue weighted by Gasteiger charge is -2.33. The van der Waals surface area contributed by atoms with Gasteiger partial charge in [0.1, 0.15) is 5.69 Å². The van der Waals surface area contributed by atoms with Crippen molar-refractivity contribution in [3.05, 3.63) is 54.0 Å². The van der Waals surface area contributed by atoms with Gasteiger partial charge in [-0.15, -0.1) is 0 Å². The first-order chi connectivity index (χ1) is 13.6. The number of aromatic nitrogens is 3. The standard InChI is InChI=1S/C21H24N6O/c1-3-26-10-12-27(13-11-26)20(28)18-14-15(2)23-21(25-18)24-17-8-4-6-16-7-5-9-22-19(16)17/h4-9,14H,3,10-13H2,1-2H3,(H,23,24,25). The lowest BCUT2D eigenvalue weighted by molar-refractivity contribution is 0.0637. The molecule has 1 aliphatic heterocycles. The van der Waals surface area contributed by atoms with Crippen LogP contribution in [0.25, 0.3) is 10.9 Å². The fourth-order valence-electron chi connectivity index (χ4n) is 3.49. The first kappa shape index (κ1) is 18.3. The van der Waals surface area contributed by atoms with Crippen LogP contribution in [0.4, 0.5) is 11.6 Å². The van der Waals surface area contributed by atoms with Crippen LogP contribution < -0.4 is 5.32 Å². The maximum atomic E-state index is 12.9. The average molecular weight is 376 g/mol. The van der Waals surface area contributed by atoms with Gasteiger partial charge in [0.2, 0.25) is 5.95 Å². The zero-order valence-corrected chi connectivity index (χ0v) is 16.2. The van der Waals surface area contributed by atoms with Crippen LogP contribution in [0.1, 0.15) is 23.1 Å². The van der Waals surface area contributed by atoms with E-state index in [-0.39, 0.29) is 5.91 Å². The number of hydrogen-bond acceptors (Lipinski definition) is 6. The predicted molar refractivity (Wildman–Crippen MR) is 110 cm³/mol. The Labute approximate surface area is 164 Å². The van der Waals surface area contributed by atoms with Gasteiger partial charge in [-0.2, -0.15) is 0 Å². The minimum Gasteiger partial charge on any atom is -0.335 e. The van der Waals surface area contributed by atoms with Crippen LogP contribution in [0.3, 0.4) is 0 Å². The third-order valence-electron chi connectivity index (χ3n) is 5.06. The molecule has 1 aromatic carbocycles. The number of nitrogens with zero attached hydrogens (tertiary/aromatic N) is 5. The monoisotopic (exact) mass is 376 g/mol. The van der Waals surface area contributed by atoms with E-state index in [1.165, 1.54) is 0 Å². The molecule has 7 nitrogen and oxygen atoms in total. The van der Waals surface area contributed by atoms with E-state index in [4.69, 9.17) is 0 Å². The van der Waals surface area contributed by atoms with Crippen molar-refractivity contribution >= 4 is 28.4 Å². The molecule has 0 spiro atoms. The normalized spacial score (nSPS) is 15.0. The smallest absolute Gasteiger partial charge is 0.272 e. The molecule has 0 bridgehead atoms. The highest BCUT2D eigenvalue weighted by molar-refractivity contribution is 5.94. The van der Waals surface area contributed by atoms with E-state index in [2.05, 4.69) is 32.1 Å². The number of rotatable bonds is 4. The van der Waals surface area contributed by atoms with E-state index in [0.29, 0.717) is 11.6 Å². The van der Waals surface area contributed by atoms with Gasteiger partial charge in [-0.25, -0.2) is 9.97 Å². The summed E-state index contributed by atoms with van der Waals surface area (Å²) in [6.45, 7) is 8.29. The third kappa shape index (κ3) is 3.80. The summed E-state index contributed by atoms with van der Waals surface area (Å²) >= 11 is 0. The summed E-state index contributed by atoms with van der Waals surface area (Å²) in [6.07, 6.45) is 1.76. The van der Waals surface area contributed by atoms with Crippen molar-refractivity contribution in [2.75, 3.05) is 38.0 Å².